The minimum Gasteiger partial charge on any atom is -0.371 e. The van der Waals surface area contributed by atoms with E-state index in [-0.39, 0.29) is 10.6 Å². The fourth-order valence-corrected chi connectivity index (χ4v) is 3.62. The number of para-hydroxylation sites is 1. The average molecular weight is 337 g/mol. The highest BCUT2D eigenvalue weighted by Gasteiger charge is 2.24. The van der Waals surface area contributed by atoms with E-state index in [9.17, 15) is 10.1 Å². The first-order valence-corrected chi connectivity index (χ1v) is 8.42. The third kappa shape index (κ3) is 2.82. The van der Waals surface area contributed by atoms with E-state index in [1.54, 1.807) is 6.07 Å². The van der Waals surface area contributed by atoms with Crippen LogP contribution in [0, 0.1) is 17.0 Å². The maximum atomic E-state index is 11.3. The lowest BCUT2D eigenvalue weighted by molar-refractivity contribution is -0.383. The van der Waals surface area contributed by atoms with Gasteiger partial charge in [-0.05, 0) is 31.9 Å². The summed E-state index contributed by atoms with van der Waals surface area (Å²) in [5.74, 6) is 0. The molecule has 0 unspecified atom stereocenters. The van der Waals surface area contributed by atoms with Crippen molar-refractivity contribution in [2.24, 2.45) is 0 Å². The molecule has 7 nitrogen and oxygen atoms in total. The number of aryl methyl sites for hydroxylation is 1. The third-order valence-corrected chi connectivity index (χ3v) is 4.83. The van der Waals surface area contributed by atoms with Gasteiger partial charge in [-0.25, -0.2) is 4.98 Å². The summed E-state index contributed by atoms with van der Waals surface area (Å²) in [7, 11) is 0. The number of rotatable bonds is 3. The van der Waals surface area contributed by atoms with Gasteiger partial charge in [-0.3, -0.25) is 14.8 Å². The molecular weight excluding hydrogens is 318 g/mol. The van der Waals surface area contributed by atoms with Crippen LogP contribution >= 0.6 is 0 Å². The lowest BCUT2D eigenvalue weighted by Crippen LogP contribution is -2.35. The van der Waals surface area contributed by atoms with Crippen molar-refractivity contribution in [1.82, 2.24) is 14.8 Å². The molecule has 0 bridgehead atoms. The van der Waals surface area contributed by atoms with Crippen molar-refractivity contribution in [1.29, 1.82) is 0 Å². The van der Waals surface area contributed by atoms with Crippen LogP contribution in [-0.2, 0) is 0 Å². The number of piperidine rings is 1. The molecule has 0 N–H and O–H groups in total. The van der Waals surface area contributed by atoms with Gasteiger partial charge in [-0.15, -0.1) is 0 Å². The Labute approximate surface area is 145 Å². The zero-order chi connectivity index (χ0) is 17.4. The van der Waals surface area contributed by atoms with E-state index in [2.05, 4.69) is 15.0 Å². The SMILES string of the molecule is Cc1cc(N2CCC(n3cccn3)CC2)c2cccc([N+](=O)[O-])c2n1. The van der Waals surface area contributed by atoms with Gasteiger partial charge in [0.05, 0.1) is 11.0 Å². The molecular formula is C18H19N5O2. The minimum absolute atomic E-state index is 0.0638. The Hall–Kier alpha value is -2.96. The Balaban J connectivity index is 1.68. The zero-order valence-corrected chi connectivity index (χ0v) is 14.0. The zero-order valence-electron chi connectivity index (χ0n) is 14.0. The van der Waals surface area contributed by atoms with E-state index in [1.165, 1.54) is 6.07 Å². The van der Waals surface area contributed by atoms with Crippen molar-refractivity contribution >= 4 is 22.3 Å². The fraction of sp³-hybridized carbons (Fsp3) is 0.333. The number of hydrogen-bond donors (Lipinski definition) is 0. The molecule has 1 fully saturated rings. The van der Waals surface area contributed by atoms with Crippen molar-refractivity contribution in [3.05, 3.63) is 58.5 Å². The van der Waals surface area contributed by atoms with Gasteiger partial charge in [0.1, 0.15) is 0 Å². The molecule has 2 aromatic heterocycles. The summed E-state index contributed by atoms with van der Waals surface area (Å²) in [4.78, 5) is 17.7. The molecule has 0 amide bonds. The summed E-state index contributed by atoms with van der Waals surface area (Å²) in [5.41, 5.74) is 2.36. The van der Waals surface area contributed by atoms with E-state index in [4.69, 9.17) is 0 Å². The van der Waals surface area contributed by atoms with E-state index >= 15 is 0 Å². The van der Waals surface area contributed by atoms with Gasteiger partial charge in [0.15, 0.2) is 5.52 Å². The van der Waals surface area contributed by atoms with Crippen LogP contribution in [0.25, 0.3) is 10.9 Å². The van der Waals surface area contributed by atoms with Crippen LogP contribution in [0.2, 0.25) is 0 Å². The molecule has 0 atom stereocenters. The van der Waals surface area contributed by atoms with Crippen molar-refractivity contribution in [3.63, 3.8) is 0 Å². The molecule has 0 aliphatic carbocycles. The third-order valence-electron chi connectivity index (χ3n) is 4.83. The molecule has 1 aliphatic heterocycles. The molecule has 25 heavy (non-hydrogen) atoms. The van der Waals surface area contributed by atoms with Crippen molar-refractivity contribution in [2.45, 2.75) is 25.8 Å². The normalized spacial score (nSPS) is 15.6. The molecule has 0 saturated carbocycles. The molecule has 4 rings (SSSR count). The monoisotopic (exact) mass is 337 g/mol. The Bertz CT molecular complexity index is 915. The van der Waals surface area contributed by atoms with Crippen LogP contribution in [0.15, 0.2) is 42.7 Å². The molecule has 7 heteroatoms. The summed E-state index contributed by atoms with van der Waals surface area (Å²) in [6.45, 7) is 3.67. The van der Waals surface area contributed by atoms with Crippen LogP contribution in [0.5, 0.6) is 0 Å². The Morgan fingerprint density at radius 1 is 1.24 bits per heavy atom. The Morgan fingerprint density at radius 2 is 2.04 bits per heavy atom. The molecule has 0 radical (unpaired) electrons. The van der Waals surface area contributed by atoms with E-state index in [0.29, 0.717) is 11.6 Å². The number of non-ortho nitro benzene ring substituents is 1. The number of aromatic nitrogens is 3. The smallest absolute Gasteiger partial charge is 0.295 e. The van der Waals surface area contributed by atoms with E-state index < -0.39 is 0 Å². The van der Waals surface area contributed by atoms with Crippen LogP contribution in [0.4, 0.5) is 11.4 Å². The lowest BCUT2D eigenvalue weighted by Gasteiger charge is -2.34. The number of nitro groups is 1. The van der Waals surface area contributed by atoms with Gasteiger partial charge in [-0.2, -0.15) is 5.10 Å². The maximum Gasteiger partial charge on any atom is 0.295 e. The summed E-state index contributed by atoms with van der Waals surface area (Å²) < 4.78 is 2.03. The topological polar surface area (TPSA) is 77.1 Å². The Kier molecular flexibility index (Phi) is 3.83. The molecule has 1 aromatic carbocycles. The fourth-order valence-electron chi connectivity index (χ4n) is 3.62. The van der Waals surface area contributed by atoms with Crippen LogP contribution < -0.4 is 4.90 Å². The molecule has 0 spiro atoms. The highest BCUT2D eigenvalue weighted by Crippen LogP contribution is 2.34. The quantitative estimate of drug-likeness (QED) is 0.540. The second-order valence-electron chi connectivity index (χ2n) is 6.42. The maximum absolute atomic E-state index is 11.3. The standard InChI is InChI=1S/C18H19N5O2/c1-13-12-17(15-4-2-5-16(23(24)25)18(15)20-13)21-10-6-14(7-11-21)22-9-3-8-19-22/h2-5,8-9,12,14H,6-7,10-11H2,1H3. The number of hydrogen-bond acceptors (Lipinski definition) is 5. The molecule has 3 aromatic rings. The highest BCUT2D eigenvalue weighted by molar-refractivity contribution is 5.97. The second kappa shape index (κ2) is 6.16. The molecule has 128 valence electrons. The summed E-state index contributed by atoms with van der Waals surface area (Å²) in [6.07, 6.45) is 5.82. The van der Waals surface area contributed by atoms with Gasteiger partial charge < -0.3 is 4.90 Å². The van der Waals surface area contributed by atoms with E-state index in [0.717, 1.165) is 42.7 Å². The average Bonchev–Trinajstić information content (AvgIpc) is 3.15. The largest absolute Gasteiger partial charge is 0.371 e. The minimum atomic E-state index is -0.359. The van der Waals surface area contributed by atoms with Crippen LogP contribution in [-0.4, -0.2) is 32.8 Å². The number of fused-ring (bicyclic) bond motifs is 1. The Morgan fingerprint density at radius 3 is 2.72 bits per heavy atom. The number of nitrogens with zero attached hydrogens (tertiary/aromatic N) is 5. The molecule has 3 heterocycles. The van der Waals surface area contributed by atoms with Crippen LogP contribution in [0.3, 0.4) is 0 Å². The summed E-state index contributed by atoms with van der Waals surface area (Å²) in [6, 6.07) is 9.56. The van der Waals surface area contributed by atoms with Gasteiger partial charge in [-0.1, -0.05) is 12.1 Å². The summed E-state index contributed by atoms with van der Waals surface area (Å²) >= 11 is 0. The van der Waals surface area contributed by atoms with Gasteiger partial charge in [0.2, 0.25) is 0 Å². The number of benzene rings is 1. The first-order valence-electron chi connectivity index (χ1n) is 8.42. The number of nitro benzene ring substituents is 1. The number of pyridine rings is 1. The van der Waals surface area contributed by atoms with Crippen molar-refractivity contribution < 1.29 is 4.92 Å². The lowest BCUT2D eigenvalue weighted by atomic mass is 10.0. The second-order valence-corrected chi connectivity index (χ2v) is 6.42. The summed E-state index contributed by atoms with van der Waals surface area (Å²) in [5, 5.41) is 16.5. The van der Waals surface area contributed by atoms with Gasteiger partial charge in [0, 0.05) is 48.3 Å². The first-order chi connectivity index (χ1) is 12.1. The van der Waals surface area contributed by atoms with Crippen molar-refractivity contribution in [3.8, 4) is 0 Å². The van der Waals surface area contributed by atoms with Crippen molar-refractivity contribution in [2.75, 3.05) is 18.0 Å². The van der Waals surface area contributed by atoms with E-state index in [1.807, 2.05) is 42.2 Å². The van der Waals surface area contributed by atoms with Gasteiger partial charge >= 0.3 is 0 Å². The number of anilines is 1. The molecule has 1 aliphatic rings. The van der Waals surface area contributed by atoms with Crippen LogP contribution in [0.1, 0.15) is 24.6 Å². The predicted octanol–water partition coefficient (Wildman–Crippen LogP) is 3.49. The highest BCUT2D eigenvalue weighted by atomic mass is 16.6. The predicted molar refractivity (Wildman–Crippen MR) is 95.8 cm³/mol. The van der Waals surface area contributed by atoms with Gasteiger partial charge in [0.25, 0.3) is 5.69 Å². The molecule has 1 saturated heterocycles. The first kappa shape index (κ1) is 15.6.